The third kappa shape index (κ3) is 1.19. The molecule has 5 heteroatoms. The maximum absolute atomic E-state index is 11.3. The Kier molecular flexibility index (Phi) is 2.08. The second kappa shape index (κ2) is 3.06. The number of carboxylic acids is 1. The second-order valence-corrected chi connectivity index (χ2v) is 4.28. The van der Waals surface area contributed by atoms with Crippen LogP contribution in [0.4, 0.5) is 0 Å². The molecular formula is C10H15N3O2. The van der Waals surface area contributed by atoms with E-state index in [1.54, 1.807) is 0 Å². The van der Waals surface area contributed by atoms with Crippen LogP contribution in [0.15, 0.2) is 0 Å². The lowest BCUT2D eigenvalue weighted by Gasteiger charge is -2.35. The van der Waals surface area contributed by atoms with Crippen molar-refractivity contribution in [2.75, 3.05) is 0 Å². The van der Waals surface area contributed by atoms with Crippen molar-refractivity contribution in [3.05, 3.63) is 17.0 Å². The normalized spacial score (nSPS) is 29.9. The first-order valence-electron chi connectivity index (χ1n) is 5.04. The summed E-state index contributed by atoms with van der Waals surface area (Å²) in [4.78, 5) is 11.3. The van der Waals surface area contributed by atoms with Crippen LogP contribution in [0.1, 0.15) is 30.3 Å². The molecule has 0 saturated heterocycles. The van der Waals surface area contributed by atoms with Gasteiger partial charge in [0.05, 0.1) is 5.69 Å². The van der Waals surface area contributed by atoms with Crippen molar-refractivity contribution >= 4 is 5.97 Å². The lowest BCUT2D eigenvalue weighted by atomic mass is 9.72. The van der Waals surface area contributed by atoms with E-state index in [9.17, 15) is 9.90 Å². The summed E-state index contributed by atoms with van der Waals surface area (Å²) in [6.45, 7) is 3.69. The largest absolute Gasteiger partial charge is 0.480 e. The highest BCUT2D eigenvalue weighted by Crippen LogP contribution is 2.38. The first-order chi connectivity index (χ1) is 6.98. The number of carboxylic acid groups (broad SMARTS) is 1. The summed E-state index contributed by atoms with van der Waals surface area (Å²) in [5.41, 5.74) is 7.00. The van der Waals surface area contributed by atoms with Gasteiger partial charge in [0.2, 0.25) is 0 Å². The summed E-state index contributed by atoms with van der Waals surface area (Å²) < 4.78 is 0. The number of aromatic amines is 1. The third-order valence-electron chi connectivity index (χ3n) is 3.38. The summed E-state index contributed by atoms with van der Waals surface area (Å²) in [7, 11) is 0. The van der Waals surface area contributed by atoms with Crippen LogP contribution in [0.5, 0.6) is 0 Å². The molecule has 0 fully saturated rings. The highest BCUT2D eigenvalue weighted by atomic mass is 16.4. The van der Waals surface area contributed by atoms with E-state index in [0.29, 0.717) is 5.56 Å². The molecule has 0 aliphatic heterocycles. The van der Waals surface area contributed by atoms with Crippen molar-refractivity contribution in [3.8, 4) is 0 Å². The molecule has 1 aromatic heterocycles. The Hall–Kier alpha value is -1.36. The summed E-state index contributed by atoms with van der Waals surface area (Å²) in [5.74, 6) is -1.04. The van der Waals surface area contributed by atoms with Crippen LogP contribution in [0.25, 0.3) is 0 Å². The van der Waals surface area contributed by atoms with Crippen LogP contribution in [0, 0.1) is 12.8 Å². The van der Waals surface area contributed by atoms with Gasteiger partial charge in [-0.05, 0) is 25.7 Å². The van der Waals surface area contributed by atoms with E-state index in [1.807, 2.05) is 13.8 Å². The fourth-order valence-corrected chi connectivity index (χ4v) is 2.35. The monoisotopic (exact) mass is 209 g/mol. The van der Waals surface area contributed by atoms with Crippen molar-refractivity contribution in [1.82, 2.24) is 10.2 Å². The SMILES string of the molecule is Cc1[nH]nc2c1C(N)(C(=O)O)C(C)CC2. The van der Waals surface area contributed by atoms with E-state index in [2.05, 4.69) is 10.2 Å². The lowest BCUT2D eigenvalue weighted by molar-refractivity contribution is -0.146. The Labute approximate surface area is 87.7 Å². The van der Waals surface area contributed by atoms with E-state index in [4.69, 9.17) is 5.73 Å². The number of nitrogens with two attached hydrogens (primary N) is 1. The van der Waals surface area contributed by atoms with Crippen molar-refractivity contribution in [1.29, 1.82) is 0 Å². The van der Waals surface area contributed by atoms with Crippen LogP contribution in [-0.4, -0.2) is 21.3 Å². The number of carbonyl (C=O) groups is 1. The van der Waals surface area contributed by atoms with Crippen LogP contribution in [0.2, 0.25) is 0 Å². The standard InChI is InChI=1S/C10H15N3O2/c1-5-3-4-7-8(6(2)12-13-7)10(5,11)9(14)15/h5H,3-4,11H2,1-2H3,(H,12,13)(H,14,15). The third-order valence-corrected chi connectivity index (χ3v) is 3.38. The molecule has 2 unspecified atom stereocenters. The Bertz CT molecular complexity index is 413. The molecule has 0 bridgehead atoms. The first-order valence-corrected chi connectivity index (χ1v) is 5.04. The number of H-pyrrole nitrogens is 1. The predicted octanol–water partition coefficient (Wildman–Crippen LogP) is 0.539. The Morgan fingerprint density at radius 2 is 2.40 bits per heavy atom. The van der Waals surface area contributed by atoms with E-state index in [1.165, 1.54) is 0 Å². The van der Waals surface area contributed by atoms with Gasteiger partial charge in [0, 0.05) is 11.3 Å². The fourth-order valence-electron chi connectivity index (χ4n) is 2.35. The molecule has 1 aromatic rings. The van der Waals surface area contributed by atoms with Gasteiger partial charge in [-0.15, -0.1) is 0 Å². The highest BCUT2D eigenvalue weighted by Gasteiger charge is 2.47. The van der Waals surface area contributed by atoms with E-state index in [-0.39, 0.29) is 5.92 Å². The Morgan fingerprint density at radius 3 is 3.00 bits per heavy atom. The van der Waals surface area contributed by atoms with Gasteiger partial charge in [-0.3, -0.25) is 5.10 Å². The number of nitrogens with one attached hydrogen (secondary N) is 1. The zero-order valence-electron chi connectivity index (χ0n) is 8.87. The van der Waals surface area contributed by atoms with Gasteiger partial charge >= 0.3 is 5.97 Å². The summed E-state index contributed by atoms with van der Waals surface area (Å²) in [6.07, 6.45) is 1.56. The van der Waals surface area contributed by atoms with Gasteiger partial charge in [0.15, 0.2) is 0 Å². The number of rotatable bonds is 1. The lowest BCUT2D eigenvalue weighted by Crippen LogP contribution is -2.52. The number of aryl methyl sites for hydroxylation is 2. The number of hydrogen-bond donors (Lipinski definition) is 3. The molecule has 0 saturated carbocycles. The minimum Gasteiger partial charge on any atom is -0.480 e. The molecule has 5 nitrogen and oxygen atoms in total. The first kappa shape index (κ1) is 10.2. The zero-order chi connectivity index (χ0) is 11.2. The minimum atomic E-state index is -1.29. The molecule has 2 rings (SSSR count). The maximum Gasteiger partial charge on any atom is 0.328 e. The van der Waals surface area contributed by atoms with Gasteiger partial charge in [0.25, 0.3) is 0 Å². The molecule has 0 radical (unpaired) electrons. The number of aliphatic carboxylic acids is 1. The van der Waals surface area contributed by atoms with Gasteiger partial charge in [-0.1, -0.05) is 6.92 Å². The fraction of sp³-hybridized carbons (Fsp3) is 0.600. The highest BCUT2D eigenvalue weighted by molar-refractivity contribution is 5.82. The molecule has 15 heavy (non-hydrogen) atoms. The summed E-state index contributed by atoms with van der Waals surface area (Å²) >= 11 is 0. The van der Waals surface area contributed by atoms with Crippen LogP contribution in [-0.2, 0) is 16.8 Å². The number of hydrogen-bond acceptors (Lipinski definition) is 3. The molecular weight excluding hydrogens is 194 g/mol. The minimum absolute atomic E-state index is 0.0706. The Morgan fingerprint density at radius 1 is 1.73 bits per heavy atom. The van der Waals surface area contributed by atoms with Gasteiger partial charge in [-0.2, -0.15) is 5.10 Å². The van der Waals surface area contributed by atoms with E-state index in [0.717, 1.165) is 24.2 Å². The average Bonchev–Trinajstić information content (AvgIpc) is 2.54. The Balaban J connectivity index is 2.64. The van der Waals surface area contributed by atoms with E-state index < -0.39 is 11.5 Å². The van der Waals surface area contributed by atoms with Gasteiger partial charge in [-0.25, -0.2) is 4.79 Å². The van der Waals surface area contributed by atoms with Crippen LogP contribution >= 0.6 is 0 Å². The molecule has 2 atom stereocenters. The van der Waals surface area contributed by atoms with Crippen molar-refractivity contribution in [2.45, 2.75) is 32.2 Å². The number of nitrogens with zero attached hydrogens (tertiary/aromatic N) is 1. The maximum atomic E-state index is 11.3. The van der Waals surface area contributed by atoms with Crippen molar-refractivity contribution < 1.29 is 9.90 Å². The molecule has 1 aliphatic carbocycles. The molecule has 1 aliphatic rings. The van der Waals surface area contributed by atoms with Gasteiger partial charge < -0.3 is 10.8 Å². The molecule has 0 amide bonds. The average molecular weight is 209 g/mol. The van der Waals surface area contributed by atoms with E-state index >= 15 is 0 Å². The predicted molar refractivity (Wildman–Crippen MR) is 54.3 cm³/mol. The quantitative estimate of drug-likeness (QED) is 0.629. The van der Waals surface area contributed by atoms with Crippen LogP contribution in [0.3, 0.4) is 0 Å². The zero-order valence-corrected chi connectivity index (χ0v) is 8.87. The molecule has 0 spiro atoms. The summed E-state index contributed by atoms with van der Waals surface area (Å²) in [5, 5.41) is 16.2. The van der Waals surface area contributed by atoms with Crippen molar-refractivity contribution in [2.24, 2.45) is 11.7 Å². The smallest absolute Gasteiger partial charge is 0.328 e. The summed E-state index contributed by atoms with van der Waals surface area (Å²) in [6, 6.07) is 0. The van der Waals surface area contributed by atoms with Crippen LogP contribution < -0.4 is 5.73 Å². The molecule has 82 valence electrons. The topological polar surface area (TPSA) is 92.0 Å². The number of aromatic nitrogens is 2. The van der Waals surface area contributed by atoms with Crippen molar-refractivity contribution in [3.63, 3.8) is 0 Å². The number of fused-ring (bicyclic) bond motifs is 1. The molecule has 1 heterocycles. The molecule has 4 N–H and O–H groups in total. The molecule has 0 aromatic carbocycles. The van der Waals surface area contributed by atoms with Gasteiger partial charge in [0.1, 0.15) is 5.54 Å². The second-order valence-electron chi connectivity index (χ2n) is 4.28.